The minimum absolute atomic E-state index is 0.0830. The van der Waals surface area contributed by atoms with Crippen molar-refractivity contribution in [3.63, 3.8) is 0 Å². The van der Waals surface area contributed by atoms with Gasteiger partial charge in [0.05, 0.1) is 31.0 Å². The SMILES string of the molecule is COc1ccccc1C1NC(=O)N(C)C2=C1C(=O)N(CCC(=O)N1CCC(Cc3ccccc3)CC1)C2. The molecule has 8 nitrogen and oxygen atoms in total. The van der Waals surface area contributed by atoms with Crippen LogP contribution < -0.4 is 10.1 Å². The van der Waals surface area contributed by atoms with Gasteiger partial charge in [-0.1, -0.05) is 48.5 Å². The Kier molecular flexibility index (Phi) is 7.17. The lowest BCUT2D eigenvalue weighted by Gasteiger charge is -2.32. The molecule has 37 heavy (non-hydrogen) atoms. The highest BCUT2D eigenvalue weighted by atomic mass is 16.5. The van der Waals surface area contributed by atoms with Gasteiger partial charge in [-0.25, -0.2) is 4.79 Å². The number of amides is 4. The second-order valence-corrected chi connectivity index (χ2v) is 10.0. The van der Waals surface area contributed by atoms with Crippen LogP contribution >= 0.6 is 0 Å². The molecule has 1 fully saturated rings. The molecule has 0 spiro atoms. The predicted molar refractivity (Wildman–Crippen MR) is 140 cm³/mol. The van der Waals surface area contributed by atoms with E-state index in [9.17, 15) is 14.4 Å². The molecule has 3 aliphatic heterocycles. The van der Waals surface area contributed by atoms with E-state index in [1.54, 1.807) is 19.1 Å². The van der Waals surface area contributed by atoms with E-state index in [-0.39, 0.29) is 24.3 Å². The quantitative estimate of drug-likeness (QED) is 0.630. The number of ether oxygens (including phenoxy) is 1. The van der Waals surface area contributed by atoms with Crippen molar-refractivity contribution in [2.45, 2.75) is 31.7 Å². The van der Waals surface area contributed by atoms with Crippen molar-refractivity contribution in [2.75, 3.05) is 40.3 Å². The van der Waals surface area contributed by atoms with Crippen LogP contribution in [0.25, 0.3) is 0 Å². The van der Waals surface area contributed by atoms with Gasteiger partial charge >= 0.3 is 6.03 Å². The highest BCUT2D eigenvalue weighted by Crippen LogP contribution is 2.38. The lowest BCUT2D eigenvalue weighted by Crippen LogP contribution is -2.45. The summed E-state index contributed by atoms with van der Waals surface area (Å²) in [5.41, 5.74) is 3.31. The molecule has 3 aliphatic rings. The monoisotopic (exact) mass is 502 g/mol. The third kappa shape index (κ3) is 5.05. The summed E-state index contributed by atoms with van der Waals surface area (Å²) in [5, 5.41) is 2.94. The number of carbonyl (C=O) groups excluding carboxylic acids is 3. The standard InChI is InChI=1S/C29H34N4O4/c1-31-23-19-33(28(35)26(23)27(30-29(31)36)22-10-6-7-11-24(22)37-2)17-14-25(34)32-15-12-21(13-16-32)18-20-8-4-3-5-9-20/h3-11,21,27H,12-19H2,1-2H3,(H,30,36). The summed E-state index contributed by atoms with van der Waals surface area (Å²) in [6, 6.07) is 17.0. The van der Waals surface area contributed by atoms with Gasteiger partial charge in [0.2, 0.25) is 5.91 Å². The number of nitrogens with zero attached hydrogens (tertiary/aromatic N) is 3. The number of hydrogen-bond acceptors (Lipinski definition) is 4. The summed E-state index contributed by atoms with van der Waals surface area (Å²) in [5.74, 6) is 1.14. The molecule has 2 aromatic carbocycles. The van der Waals surface area contributed by atoms with E-state index in [1.165, 1.54) is 10.5 Å². The lowest BCUT2D eigenvalue weighted by atomic mass is 9.90. The van der Waals surface area contributed by atoms with Crippen molar-refractivity contribution in [1.29, 1.82) is 0 Å². The normalized spacial score (nSPS) is 20.3. The number of hydrogen-bond donors (Lipinski definition) is 1. The van der Waals surface area contributed by atoms with Crippen molar-refractivity contribution in [1.82, 2.24) is 20.0 Å². The molecule has 4 amide bonds. The Balaban J connectivity index is 1.19. The molecule has 2 aromatic rings. The van der Waals surface area contributed by atoms with Gasteiger partial charge in [-0.05, 0) is 36.8 Å². The van der Waals surface area contributed by atoms with Gasteiger partial charge in [-0.2, -0.15) is 0 Å². The first-order valence-corrected chi connectivity index (χ1v) is 13.0. The summed E-state index contributed by atoms with van der Waals surface area (Å²) in [7, 11) is 3.24. The molecule has 3 heterocycles. The zero-order valence-electron chi connectivity index (χ0n) is 21.5. The van der Waals surface area contributed by atoms with E-state index in [2.05, 4.69) is 29.6 Å². The average Bonchev–Trinajstić information content (AvgIpc) is 3.26. The molecule has 1 unspecified atom stereocenters. The number of urea groups is 1. The Morgan fingerprint density at radius 3 is 2.46 bits per heavy atom. The molecule has 1 atom stereocenters. The van der Waals surface area contributed by atoms with Gasteiger partial charge in [0.25, 0.3) is 5.91 Å². The third-order valence-electron chi connectivity index (χ3n) is 7.82. The molecule has 8 heteroatoms. The number of piperidine rings is 1. The Morgan fingerprint density at radius 1 is 1.03 bits per heavy atom. The third-order valence-corrected chi connectivity index (χ3v) is 7.82. The Labute approximate surface area is 217 Å². The fourth-order valence-electron chi connectivity index (χ4n) is 5.66. The fourth-order valence-corrected chi connectivity index (χ4v) is 5.66. The molecule has 0 bridgehead atoms. The van der Waals surface area contributed by atoms with Crippen molar-refractivity contribution >= 4 is 17.8 Å². The molecular weight excluding hydrogens is 468 g/mol. The highest BCUT2D eigenvalue weighted by Gasteiger charge is 2.43. The van der Waals surface area contributed by atoms with Gasteiger partial charge in [0.1, 0.15) is 5.75 Å². The maximum atomic E-state index is 13.5. The van der Waals surface area contributed by atoms with Crippen molar-refractivity contribution in [2.24, 2.45) is 5.92 Å². The van der Waals surface area contributed by atoms with E-state index in [1.807, 2.05) is 35.2 Å². The first-order chi connectivity index (χ1) is 18.0. The van der Waals surface area contributed by atoms with Crippen LogP contribution in [0, 0.1) is 5.92 Å². The number of methoxy groups -OCH3 is 1. The van der Waals surface area contributed by atoms with E-state index in [0.717, 1.165) is 37.9 Å². The summed E-state index contributed by atoms with van der Waals surface area (Å²) >= 11 is 0. The van der Waals surface area contributed by atoms with Crippen molar-refractivity contribution < 1.29 is 19.1 Å². The van der Waals surface area contributed by atoms with Crippen molar-refractivity contribution in [3.05, 3.63) is 77.0 Å². The number of para-hydroxylation sites is 1. The van der Waals surface area contributed by atoms with E-state index in [4.69, 9.17) is 4.74 Å². The maximum Gasteiger partial charge on any atom is 0.322 e. The molecular formula is C29H34N4O4. The molecule has 0 saturated carbocycles. The molecule has 0 radical (unpaired) electrons. The number of carbonyl (C=O) groups is 3. The van der Waals surface area contributed by atoms with Crippen LogP contribution in [0.5, 0.6) is 5.75 Å². The number of likely N-dealkylation sites (N-methyl/N-ethyl adjacent to an activating group) is 1. The summed E-state index contributed by atoms with van der Waals surface area (Å²) in [6.45, 7) is 2.16. The number of likely N-dealkylation sites (tertiary alicyclic amines) is 1. The predicted octanol–water partition coefficient (Wildman–Crippen LogP) is 3.36. The second kappa shape index (κ2) is 10.7. The molecule has 1 N–H and O–H groups in total. The highest BCUT2D eigenvalue weighted by molar-refractivity contribution is 6.01. The Hall–Kier alpha value is -3.81. The van der Waals surface area contributed by atoms with Gasteiger partial charge in [-0.15, -0.1) is 0 Å². The first-order valence-electron chi connectivity index (χ1n) is 13.0. The Bertz CT molecular complexity index is 1200. The summed E-state index contributed by atoms with van der Waals surface area (Å²) in [4.78, 5) is 44.3. The fraction of sp³-hybridized carbons (Fsp3) is 0.414. The largest absolute Gasteiger partial charge is 0.496 e. The number of nitrogens with one attached hydrogen (secondary N) is 1. The topological polar surface area (TPSA) is 82.2 Å². The van der Waals surface area contributed by atoms with Gasteiger partial charge in [0, 0.05) is 38.7 Å². The minimum atomic E-state index is -0.591. The van der Waals surface area contributed by atoms with Crippen LogP contribution in [0.2, 0.25) is 0 Å². The molecule has 194 valence electrons. The molecule has 0 aliphatic carbocycles. The maximum absolute atomic E-state index is 13.5. The lowest BCUT2D eigenvalue weighted by molar-refractivity contribution is -0.133. The van der Waals surface area contributed by atoms with E-state index in [0.29, 0.717) is 36.0 Å². The van der Waals surface area contributed by atoms with Crippen LogP contribution in [0.1, 0.15) is 36.4 Å². The van der Waals surface area contributed by atoms with Gasteiger partial charge in [0.15, 0.2) is 0 Å². The smallest absolute Gasteiger partial charge is 0.322 e. The molecule has 1 saturated heterocycles. The summed E-state index contributed by atoms with van der Waals surface area (Å²) < 4.78 is 5.50. The average molecular weight is 503 g/mol. The van der Waals surface area contributed by atoms with Crippen LogP contribution in [0.15, 0.2) is 65.9 Å². The zero-order chi connectivity index (χ0) is 25.9. The van der Waals surface area contributed by atoms with Gasteiger partial charge in [-0.3, -0.25) is 14.5 Å². The van der Waals surface area contributed by atoms with Crippen LogP contribution in [-0.4, -0.2) is 72.9 Å². The minimum Gasteiger partial charge on any atom is -0.496 e. The van der Waals surface area contributed by atoms with Crippen LogP contribution in [0.4, 0.5) is 4.79 Å². The van der Waals surface area contributed by atoms with E-state index < -0.39 is 6.04 Å². The second-order valence-electron chi connectivity index (χ2n) is 10.0. The Morgan fingerprint density at radius 2 is 1.73 bits per heavy atom. The van der Waals surface area contributed by atoms with Crippen molar-refractivity contribution in [3.8, 4) is 5.75 Å². The van der Waals surface area contributed by atoms with Gasteiger partial charge < -0.3 is 19.9 Å². The molecule has 0 aromatic heterocycles. The van der Waals surface area contributed by atoms with Crippen LogP contribution in [0.3, 0.4) is 0 Å². The first kappa shape index (κ1) is 24.9. The summed E-state index contributed by atoms with van der Waals surface area (Å²) in [6.07, 6.45) is 3.33. The molecule has 5 rings (SSSR count). The number of benzene rings is 2. The van der Waals surface area contributed by atoms with Crippen LogP contribution in [-0.2, 0) is 16.0 Å². The van der Waals surface area contributed by atoms with E-state index >= 15 is 0 Å². The number of rotatable bonds is 7. The zero-order valence-corrected chi connectivity index (χ0v) is 21.5.